The highest BCUT2D eigenvalue weighted by Gasteiger charge is 1.89. The lowest BCUT2D eigenvalue weighted by Gasteiger charge is -1.98. The molecule has 0 heterocycles. The van der Waals surface area contributed by atoms with Crippen molar-refractivity contribution in [3.63, 3.8) is 0 Å². The van der Waals surface area contributed by atoms with E-state index < -0.39 is 0 Å². The van der Waals surface area contributed by atoms with Crippen LogP contribution in [-0.2, 0) is 12.8 Å². The minimum absolute atomic E-state index is 0.740. The molecule has 0 amide bonds. The van der Waals surface area contributed by atoms with Crippen LogP contribution in [0.2, 0.25) is 0 Å². The van der Waals surface area contributed by atoms with E-state index in [4.69, 9.17) is 5.73 Å². The second-order valence-electron chi connectivity index (χ2n) is 4.97. The van der Waals surface area contributed by atoms with E-state index in [1.807, 2.05) is 18.2 Å². The molecule has 2 aromatic rings. The number of hydrogen-bond donors (Lipinski definition) is 1. The van der Waals surface area contributed by atoms with Crippen LogP contribution in [0, 0.1) is 0 Å². The summed E-state index contributed by atoms with van der Waals surface area (Å²) in [5, 5.41) is 0. The number of aryl methyl sites for hydroxylation is 1. The van der Waals surface area contributed by atoms with Crippen LogP contribution in [0.3, 0.4) is 0 Å². The van der Waals surface area contributed by atoms with Gasteiger partial charge in [-0.1, -0.05) is 80.4 Å². The molecule has 108 valence electrons. The van der Waals surface area contributed by atoms with Crippen LogP contribution < -0.4 is 5.73 Å². The fourth-order valence-corrected chi connectivity index (χ4v) is 2.04. The first-order valence-corrected chi connectivity index (χ1v) is 7.64. The predicted octanol–water partition coefficient (Wildman–Crippen LogP) is 4.61. The molecule has 20 heavy (non-hydrogen) atoms. The molecule has 0 aliphatic heterocycles. The van der Waals surface area contributed by atoms with Gasteiger partial charge in [0, 0.05) is 0 Å². The van der Waals surface area contributed by atoms with Gasteiger partial charge in [0.05, 0.1) is 0 Å². The molecule has 1 nitrogen and oxygen atoms in total. The maximum absolute atomic E-state index is 5.36. The zero-order valence-electron chi connectivity index (χ0n) is 12.6. The lowest BCUT2D eigenvalue weighted by atomic mass is 10.1. The molecule has 2 N–H and O–H groups in total. The topological polar surface area (TPSA) is 26.0 Å². The summed E-state index contributed by atoms with van der Waals surface area (Å²) in [6.07, 6.45) is 6.23. The second kappa shape index (κ2) is 11.2. The first-order chi connectivity index (χ1) is 9.86. The van der Waals surface area contributed by atoms with Gasteiger partial charge in [0.1, 0.15) is 0 Å². The van der Waals surface area contributed by atoms with Crippen molar-refractivity contribution in [3.05, 3.63) is 71.8 Å². The first kappa shape index (κ1) is 16.5. The molecule has 0 fully saturated rings. The van der Waals surface area contributed by atoms with Gasteiger partial charge in [0.2, 0.25) is 0 Å². The van der Waals surface area contributed by atoms with Crippen LogP contribution in [0.25, 0.3) is 0 Å². The first-order valence-electron chi connectivity index (χ1n) is 7.64. The third-order valence-electron chi connectivity index (χ3n) is 3.19. The molecule has 0 saturated carbocycles. The Morgan fingerprint density at radius 1 is 0.700 bits per heavy atom. The summed E-state index contributed by atoms with van der Waals surface area (Å²) >= 11 is 0. The molecule has 2 aromatic carbocycles. The Kier molecular flexibility index (Phi) is 9.25. The molecular weight excluding hydrogens is 242 g/mol. The normalized spacial score (nSPS) is 9.70. The molecule has 0 radical (unpaired) electrons. The third kappa shape index (κ3) is 7.75. The van der Waals surface area contributed by atoms with Crippen molar-refractivity contribution in [1.29, 1.82) is 0 Å². The Bertz CT molecular complexity index is 422. The molecule has 2 rings (SSSR count). The van der Waals surface area contributed by atoms with Gasteiger partial charge in [-0.3, -0.25) is 0 Å². The van der Waals surface area contributed by atoms with Crippen molar-refractivity contribution >= 4 is 0 Å². The summed E-state index contributed by atoms with van der Waals surface area (Å²) in [6, 6.07) is 21.0. The highest BCUT2D eigenvalue weighted by Crippen LogP contribution is 2.05. The molecule has 0 saturated heterocycles. The molecular formula is C19H27N. The number of unbranched alkanes of at least 4 members (excludes halogenated alkanes) is 2. The molecule has 0 unspecified atom stereocenters. The van der Waals surface area contributed by atoms with Crippen LogP contribution in [0.4, 0.5) is 0 Å². The summed E-state index contributed by atoms with van der Waals surface area (Å²) in [7, 11) is 0. The van der Waals surface area contributed by atoms with E-state index in [-0.39, 0.29) is 0 Å². The number of benzene rings is 2. The molecule has 1 heteroatoms. The maximum Gasteiger partial charge on any atom is -0.00367 e. The molecule has 0 spiro atoms. The Morgan fingerprint density at radius 3 is 1.65 bits per heavy atom. The van der Waals surface area contributed by atoms with Crippen LogP contribution in [0.1, 0.15) is 37.3 Å². The third-order valence-corrected chi connectivity index (χ3v) is 3.19. The van der Waals surface area contributed by atoms with Crippen molar-refractivity contribution in [1.82, 2.24) is 0 Å². The fourth-order valence-electron chi connectivity index (χ4n) is 2.04. The molecule has 0 aliphatic carbocycles. The SMILES string of the molecule is CCCCCc1ccccc1.NCCc1ccccc1. The van der Waals surface area contributed by atoms with Gasteiger partial charge < -0.3 is 5.73 Å². The van der Waals surface area contributed by atoms with Crippen LogP contribution in [0.15, 0.2) is 60.7 Å². The molecule has 0 aromatic heterocycles. The van der Waals surface area contributed by atoms with E-state index in [0.717, 1.165) is 13.0 Å². The largest absolute Gasteiger partial charge is 0.330 e. The van der Waals surface area contributed by atoms with Gasteiger partial charge in [0.15, 0.2) is 0 Å². The number of hydrogen-bond acceptors (Lipinski definition) is 1. The summed E-state index contributed by atoms with van der Waals surface area (Å²) in [5.41, 5.74) is 8.15. The minimum atomic E-state index is 0.740. The van der Waals surface area contributed by atoms with Gasteiger partial charge in [0.25, 0.3) is 0 Å². The summed E-state index contributed by atoms with van der Waals surface area (Å²) in [6.45, 7) is 2.98. The lowest BCUT2D eigenvalue weighted by Crippen LogP contribution is -2.01. The molecule has 0 bridgehead atoms. The Labute approximate surface area is 123 Å². The summed E-state index contributed by atoms with van der Waals surface area (Å²) < 4.78 is 0. The average molecular weight is 269 g/mol. The van der Waals surface area contributed by atoms with Gasteiger partial charge >= 0.3 is 0 Å². The Hall–Kier alpha value is -1.60. The predicted molar refractivity (Wildman–Crippen MR) is 88.9 cm³/mol. The summed E-state index contributed by atoms with van der Waals surface area (Å²) in [4.78, 5) is 0. The van der Waals surface area contributed by atoms with E-state index in [0.29, 0.717) is 0 Å². The minimum Gasteiger partial charge on any atom is -0.330 e. The quantitative estimate of drug-likeness (QED) is 0.762. The van der Waals surface area contributed by atoms with Crippen molar-refractivity contribution in [3.8, 4) is 0 Å². The van der Waals surface area contributed by atoms with Crippen LogP contribution >= 0.6 is 0 Å². The van der Waals surface area contributed by atoms with Crippen LogP contribution in [-0.4, -0.2) is 6.54 Å². The second-order valence-corrected chi connectivity index (χ2v) is 4.97. The van der Waals surface area contributed by atoms with E-state index in [9.17, 15) is 0 Å². The van der Waals surface area contributed by atoms with E-state index in [2.05, 4.69) is 49.4 Å². The van der Waals surface area contributed by atoms with Crippen molar-refractivity contribution in [2.75, 3.05) is 6.54 Å². The van der Waals surface area contributed by atoms with E-state index in [1.165, 1.54) is 36.8 Å². The number of rotatable bonds is 6. The Morgan fingerprint density at radius 2 is 1.20 bits per heavy atom. The zero-order valence-corrected chi connectivity index (χ0v) is 12.6. The summed E-state index contributed by atoms with van der Waals surface area (Å²) in [5.74, 6) is 0. The van der Waals surface area contributed by atoms with Crippen molar-refractivity contribution in [2.45, 2.75) is 39.0 Å². The van der Waals surface area contributed by atoms with E-state index >= 15 is 0 Å². The van der Waals surface area contributed by atoms with Gasteiger partial charge in [-0.25, -0.2) is 0 Å². The molecule has 0 aliphatic rings. The van der Waals surface area contributed by atoms with Crippen molar-refractivity contribution < 1.29 is 0 Å². The average Bonchev–Trinajstić information content (AvgIpc) is 2.51. The van der Waals surface area contributed by atoms with Crippen molar-refractivity contribution in [2.24, 2.45) is 5.73 Å². The lowest BCUT2D eigenvalue weighted by molar-refractivity contribution is 0.717. The smallest absolute Gasteiger partial charge is 0.00367 e. The van der Waals surface area contributed by atoms with Gasteiger partial charge in [-0.2, -0.15) is 0 Å². The highest BCUT2D eigenvalue weighted by molar-refractivity contribution is 5.15. The van der Waals surface area contributed by atoms with E-state index in [1.54, 1.807) is 0 Å². The zero-order chi connectivity index (χ0) is 14.5. The van der Waals surface area contributed by atoms with Gasteiger partial charge in [-0.05, 0) is 36.9 Å². The van der Waals surface area contributed by atoms with Crippen LogP contribution in [0.5, 0.6) is 0 Å². The monoisotopic (exact) mass is 269 g/mol. The number of nitrogens with two attached hydrogens (primary N) is 1. The van der Waals surface area contributed by atoms with Gasteiger partial charge in [-0.15, -0.1) is 0 Å². The maximum atomic E-state index is 5.36. The molecule has 0 atom stereocenters. The standard InChI is InChI=1S/C11H16.C8H11N/c1-2-3-5-8-11-9-6-4-7-10-11;9-7-6-8-4-2-1-3-5-8/h4,6-7,9-10H,2-3,5,8H2,1H3;1-5H,6-7,9H2. The Balaban J connectivity index is 0.000000204. The highest BCUT2D eigenvalue weighted by atomic mass is 14.5. The fraction of sp³-hybridized carbons (Fsp3) is 0.368.